The highest BCUT2D eigenvalue weighted by Gasteiger charge is 2.30. The number of aryl methyl sites for hydroxylation is 1. The summed E-state index contributed by atoms with van der Waals surface area (Å²) in [5, 5.41) is 3.67. The van der Waals surface area contributed by atoms with Gasteiger partial charge in [-0.1, -0.05) is 80.0 Å². The van der Waals surface area contributed by atoms with Crippen molar-refractivity contribution in [3.63, 3.8) is 0 Å². The maximum absolute atomic E-state index is 13.9. The fraction of sp³-hybridized carbons (Fsp3) is 0.412. The lowest BCUT2D eigenvalue weighted by Gasteiger charge is -2.32. The van der Waals surface area contributed by atoms with E-state index in [1.54, 1.807) is 41.3 Å². The molecule has 230 valence electrons. The van der Waals surface area contributed by atoms with E-state index in [0.717, 1.165) is 36.0 Å². The van der Waals surface area contributed by atoms with Crippen LogP contribution in [0.25, 0.3) is 0 Å². The van der Waals surface area contributed by atoms with Crippen molar-refractivity contribution in [1.82, 2.24) is 14.5 Å². The molecule has 1 saturated heterocycles. The number of amides is 2. The fourth-order valence-electron chi connectivity index (χ4n) is 5.24. The summed E-state index contributed by atoms with van der Waals surface area (Å²) in [5.41, 5.74) is 2.71. The van der Waals surface area contributed by atoms with Crippen molar-refractivity contribution in [3.05, 3.63) is 101 Å². The third kappa shape index (κ3) is 9.39. The van der Waals surface area contributed by atoms with Gasteiger partial charge in [0.2, 0.25) is 21.8 Å². The molecule has 1 aliphatic rings. The summed E-state index contributed by atoms with van der Waals surface area (Å²) in [6, 6.07) is 23.1. The Kier molecular flexibility index (Phi) is 11.8. The Labute approximate surface area is 261 Å². The van der Waals surface area contributed by atoms with Gasteiger partial charge in [0, 0.05) is 44.0 Å². The zero-order chi connectivity index (χ0) is 30.8. The van der Waals surface area contributed by atoms with Crippen molar-refractivity contribution in [3.8, 4) is 0 Å². The van der Waals surface area contributed by atoms with Crippen molar-refractivity contribution in [2.45, 2.75) is 69.9 Å². The van der Waals surface area contributed by atoms with Crippen LogP contribution in [-0.2, 0) is 39.0 Å². The predicted octanol–water partition coefficient (Wildman–Crippen LogP) is 5.86. The summed E-state index contributed by atoms with van der Waals surface area (Å²) in [6.45, 7) is 6.13. The van der Waals surface area contributed by atoms with Gasteiger partial charge in [-0.2, -0.15) is 4.31 Å². The van der Waals surface area contributed by atoms with E-state index in [0.29, 0.717) is 43.4 Å². The zero-order valence-corrected chi connectivity index (χ0v) is 26.6. The first-order valence-corrected chi connectivity index (χ1v) is 16.9. The quantitative estimate of drug-likeness (QED) is 0.244. The van der Waals surface area contributed by atoms with E-state index in [2.05, 4.69) is 19.2 Å². The minimum Gasteiger partial charge on any atom is -0.354 e. The molecular weight excluding hydrogens is 582 g/mol. The maximum atomic E-state index is 13.9. The Hall–Kier alpha value is -3.20. The number of benzene rings is 3. The average Bonchev–Trinajstić information content (AvgIpc) is 3.55. The van der Waals surface area contributed by atoms with Gasteiger partial charge in [-0.05, 0) is 72.6 Å². The lowest BCUT2D eigenvalue weighted by atomic mass is 10.0. The van der Waals surface area contributed by atoms with Crippen molar-refractivity contribution < 1.29 is 18.0 Å². The number of rotatable bonds is 14. The van der Waals surface area contributed by atoms with Crippen LogP contribution in [-0.4, -0.2) is 55.1 Å². The van der Waals surface area contributed by atoms with Gasteiger partial charge in [-0.25, -0.2) is 8.42 Å². The van der Waals surface area contributed by atoms with Gasteiger partial charge in [0.25, 0.3) is 0 Å². The van der Waals surface area contributed by atoms with Gasteiger partial charge in [-0.15, -0.1) is 0 Å². The Morgan fingerprint density at radius 1 is 0.884 bits per heavy atom. The molecule has 0 bridgehead atoms. The fourth-order valence-corrected chi connectivity index (χ4v) is 6.89. The molecule has 43 heavy (non-hydrogen) atoms. The molecule has 0 aliphatic carbocycles. The zero-order valence-electron chi connectivity index (χ0n) is 25.0. The molecule has 1 fully saturated rings. The topological polar surface area (TPSA) is 86.8 Å². The molecule has 0 spiro atoms. The second-order valence-electron chi connectivity index (χ2n) is 11.6. The third-order valence-corrected chi connectivity index (χ3v) is 9.98. The molecule has 3 aromatic carbocycles. The number of halogens is 1. The molecule has 0 saturated carbocycles. The second-order valence-corrected chi connectivity index (χ2v) is 14.0. The van der Waals surface area contributed by atoms with E-state index in [-0.39, 0.29) is 29.7 Å². The Morgan fingerprint density at radius 3 is 2.14 bits per heavy atom. The van der Waals surface area contributed by atoms with Crippen molar-refractivity contribution in [2.24, 2.45) is 5.92 Å². The number of hydrogen-bond donors (Lipinski definition) is 1. The Balaban J connectivity index is 1.54. The summed E-state index contributed by atoms with van der Waals surface area (Å²) in [5.74, 6) is 0.114. The van der Waals surface area contributed by atoms with Crippen LogP contribution in [0, 0.1) is 5.92 Å². The molecule has 0 radical (unpaired) electrons. The molecule has 4 rings (SSSR count). The first kappa shape index (κ1) is 32.7. The molecule has 7 nitrogen and oxygen atoms in total. The minimum absolute atomic E-state index is 0.149. The summed E-state index contributed by atoms with van der Waals surface area (Å²) < 4.78 is 27.4. The number of sulfonamides is 1. The third-order valence-electron chi connectivity index (χ3n) is 7.81. The number of carbonyl (C=O) groups is 2. The highest BCUT2D eigenvalue weighted by atomic mass is 35.5. The molecule has 0 unspecified atom stereocenters. The van der Waals surface area contributed by atoms with E-state index >= 15 is 0 Å². The number of hydrogen-bond acceptors (Lipinski definition) is 4. The molecule has 1 heterocycles. The molecule has 1 atom stereocenters. The van der Waals surface area contributed by atoms with Crippen LogP contribution in [0.1, 0.15) is 56.2 Å². The highest BCUT2D eigenvalue weighted by Crippen LogP contribution is 2.22. The van der Waals surface area contributed by atoms with E-state index in [9.17, 15) is 18.0 Å². The van der Waals surface area contributed by atoms with E-state index < -0.39 is 16.1 Å². The largest absolute Gasteiger partial charge is 0.354 e. The van der Waals surface area contributed by atoms with Crippen LogP contribution < -0.4 is 5.32 Å². The van der Waals surface area contributed by atoms with Crippen LogP contribution in [0.3, 0.4) is 0 Å². The number of nitrogens with zero attached hydrogens (tertiary/aromatic N) is 2. The summed E-state index contributed by atoms with van der Waals surface area (Å²) >= 11 is 6.12. The predicted molar refractivity (Wildman–Crippen MR) is 171 cm³/mol. The standard InChI is InChI=1S/C34H42ClN3O4S/c1-26(2)20-21-36-34(40)32(24-28-8-4-3-5-9-28)38(25-29-10-15-30(35)16-11-29)33(39)19-14-27-12-17-31(18-13-27)43(41,42)37-22-6-7-23-37/h3-5,8-13,15-18,26,32H,6-7,14,19-25H2,1-2H3,(H,36,40)/t32-/m0/s1. The highest BCUT2D eigenvalue weighted by molar-refractivity contribution is 7.89. The van der Waals surface area contributed by atoms with Crippen molar-refractivity contribution in [2.75, 3.05) is 19.6 Å². The summed E-state index contributed by atoms with van der Waals surface area (Å²) in [4.78, 5) is 29.5. The van der Waals surface area contributed by atoms with Crippen LogP contribution in [0.5, 0.6) is 0 Å². The molecular formula is C34H42ClN3O4S. The summed E-state index contributed by atoms with van der Waals surface area (Å²) in [6.07, 6.45) is 3.60. The lowest BCUT2D eigenvalue weighted by Crippen LogP contribution is -2.50. The smallest absolute Gasteiger partial charge is 0.243 e. The maximum Gasteiger partial charge on any atom is 0.243 e. The van der Waals surface area contributed by atoms with Crippen LogP contribution >= 0.6 is 11.6 Å². The van der Waals surface area contributed by atoms with Crippen molar-refractivity contribution in [1.29, 1.82) is 0 Å². The minimum atomic E-state index is -3.50. The van der Waals surface area contributed by atoms with Gasteiger partial charge < -0.3 is 10.2 Å². The van der Waals surface area contributed by atoms with Gasteiger partial charge in [0.1, 0.15) is 6.04 Å². The monoisotopic (exact) mass is 623 g/mol. The second kappa shape index (κ2) is 15.5. The van der Waals surface area contributed by atoms with Gasteiger partial charge in [-0.3, -0.25) is 9.59 Å². The first-order valence-electron chi connectivity index (χ1n) is 15.1. The number of carbonyl (C=O) groups excluding carboxylic acids is 2. The Bertz CT molecular complexity index is 1440. The summed E-state index contributed by atoms with van der Waals surface area (Å²) in [7, 11) is -3.50. The van der Waals surface area contributed by atoms with E-state index in [4.69, 9.17) is 11.6 Å². The molecule has 0 aromatic heterocycles. The van der Waals surface area contributed by atoms with E-state index in [1.807, 2.05) is 42.5 Å². The normalized spacial score (nSPS) is 14.5. The van der Waals surface area contributed by atoms with Gasteiger partial charge in [0.15, 0.2) is 0 Å². The number of nitrogens with one attached hydrogen (secondary N) is 1. The Morgan fingerprint density at radius 2 is 1.51 bits per heavy atom. The molecule has 9 heteroatoms. The lowest BCUT2D eigenvalue weighted by molar-refractivity contribution is -0.141. The van der Waals surface area contributed by atoms with E-state index in [1.165, 1.54) is 4.31 Å². The molecule has 1 aliphatic heterocycles. The van der Waals surface area contributed by atoms with Gasteiger partial charge in [0.05, 0.1) is 4.90 Å². The van der Waals surface area contributed by atoms with Crippen molar-refractivity contribution >= 4 is 33.4 Å². The molecule has 3 aromatic rings. The van der Waals surface area contributed by atoms with Gasteiger partial charge >= 0.3 is 0 Å². The SMILES string of the molecule is CC(C)CCNC(=O)[C@H](Cc1ccccc1)N(Cc1ccc(Cl)cc1)C(=O)CCc1ccc(S(=O)(=O)N2CCCC2)cc1. The van der Waals surface area contributed by atoms with Crippen LogP contribution in [0.15, 0.2) is 83.8 Å². The average molecular weight is 624 g/mol. The molecule has 1 N–H and O–H groups in total. The molecule has 2 amide bonds. The van der Waals surface area contributed by atoms with Crippen LogP contribution in [0.2, 0.25) is 5.02 Å². The van der Waals surface area contributed by atoms with Crippen LogP contribution in [0.4, 0.5) is 0 Å². The first-order chi connectivity index (χ1) is 20.6.